The number of carbonyl (C=O) groups is 3. The maximum absolute atomic E-state index is 13.7. The zero-order valence-corrected chi connectivity index (χ0v) is 20.1. The van der Waals surface area contributed by atoms with Crippen molar-refractivity contribution >= 4 is 41.1 Å². The summed E-state index contributed by atoms with van der Waals surface area (Å²) in [5.41, 5.74) is 5.95. The number of hydrogen-bond donors (Lipinski definition) is 5. The Hall–Kier alpha value is -4.70. The van der Waals surface area contributed by atoms with Crippen LogP contribution in [-0.2, 0) is 9.59 Å². The molecule has 190 valence electrons. The molecule has 1 aliphatic rings. The fraction of sp³-hybridized carbons (Fsp3) is 0.148. The number of rotatable bonds is 8. The van der Waals surface area contributed by atoms with Crippen molar-refractivity contribution < 1.29 is 28.7 Å². The van der Waals surface area contributed by atoms with Crippen LogP contribution in [0.1, 0.15) is 38.4 Å². The molecule has 10 heteroatoms. The molecule has 3 aromatic rings. The first kappa shape index (κ1) is 25.4. The molecule has 0 aliphatic carbocycles. The highest BCUT2D eigenvalue weighted by Gasteiger charge is 2.26. The molecule has 0 unspecified atom stereocenters. The lowest BCUT2D eigenvalue weighted by Crippen LogP contribution is -2.28. The van der Waals surface area contributed by atoms with Gasteiger partial charge in [0.2, 0.25) is 0 Å². The van der Waals surface area contributed by atoms with Crippen LogP contribution in [-0.4, -0.2) is 41.1 Å². The van der Waals surface area contributed by atoms with Gasteiger partial charge in [-0.15, -0.1) is 0 Å². The quantitative estimate of drug-likeness (QED) is 0.138. The van der Waals surface area contributed by atoms with E-state index < -0.39 is 11.7 Å². The molecule has 2 heterocycles. The first-order valence-corrected chi connectivity index (χ1v) is 11.4. The second kappa shape index (κ2) is 10.9. The highest BCUT2D eigenvalue weighted by molar-refractivity contribution is 6.34. The Bertz CT molecular complexity index is 1420. The third kappa shape index (κ3) is 5.76. The van der Waals surface area contributed by atoms with Crippen LogP contribution in [0.2, 0.25) is 0 Å². The van der Waals surface area contributed by atoms with E-state index in [-0.39, 0.29) is 25.0 Å². The number of amides is 3. The number of anilines is 1. The number of benzene rings is 2. The molecule has 37 heavy (non-hydrogen) atoms. The molecule has 4 rings (SSSR count). The third-order valence-corrected chi connectivity index (χ3v) is 5.83. The Morgan fingerprint density at radius 2 is 1.89 bits per heavy atom. The van der Waals surface area contributed by atoms with Gasteiger partial charge in [0, 0.05) is 28.7 Å². The summed E-state index contributed by atoms with van der Waals surface area (Å²) in [4.78, 5) is 39.5. The molecular formula is C27H25FN4O5. The molecule has 3 amide bonds. The molecule has 1 aromatic heterocycles. The summed E-state index contributed by atoms with van der Waals surface area (Å²) in [6, 6.07) is 11.0. The average molecular weight is 505 g/mol. The smallest absolute Gasteiger partial charge is 0.267 e. The predicted octanol–water partition coefficient (Wildman–Crippen LogP) is 3.59. The number of aromatic amines is 1. The third-order valence-electron chi connectivity index (χ3n) is 5.83. The standard InChI is InChI=1S/C27H25FN4O5/c1-15-23(14-21-20-13-18(28)6-9-22(20)31-26(21)34)30-16(2)25(15)27(35)29-11-12-37-19-7-3-17(4-8-19)5-10-24(33)32-36/h3-10,13-14,30,36H,11-12H2,1-2H3,(H,29,35)(H,31,34)(H,32,33)/b10-5?,21-14-. The number of ether oxygens (including phenoxy) is 1. The molecule has 0 radical (unpaired) electrons. The van der Waals surface area contributed by atoms with Gasteiger partial charge >= 0.3 is 0 Å². The topological polar surface area (TPSA) is 133 Å². The second-order valence-electron chi connectivity index (χ2n) is 8.35. The number of fused-ring (bicyclic) bond motifs is 1. The monoisotopic (exact) mass is 504 g/mol. The first-order valence-electron chi connectivity index (χ1n) is 11.4. The minimum atomic E-state index is -0.627. The van der Waals surface area contributed by atoms with Crippen LogP contribution in [0.25, 0.3) is 17.7 Å². The van der Waals surface area contributed by atoms with Gasteiger partial charge in [0.1, 0.15) is 18.2 Å². The van der Waals surface area contributed by atoms with Crippen molar-refractivity contribution in [2.75, 3.05) is 18.5 Å². The highest BCUT2D eigenvalue weighted by atomic mass is 19.1. The van der Waals surface area contributed by atoms with E-state index in [0.29, 0.717) is 45.1 Å². The minimum Gasteiger partial charge on any atom is -0.492 e. The van der Waals surface area contributed by atoms with Crippen molar-refractivity contribution in [2.24, 2.45) is 0 Å². The maximum Gasteiger partial charge on any atom is 0.267 e. The molecule has 0 fully saturated rings. The van der Waals surface area contributed by atoms with Crippen LogP contribution in [0.5, 0.6) is 5.75 Å². The fourth-order valence-electron chi connectivity index (χ4n) is 4.01. The van der Waals surface area contributed by atoms with Gasteiger partial charge in [-0.2, -0.15) is 0 Å². The lowest BCUT2D eigenvalue weighted by Gasteiger charge is -2.09. The number of hydrogen-bond acceptors (Lipinski definition) is 5. The maximum atomic E-state index is 13.7. The summed E-state index contributed by atoms with van der Waals surface area (Å²) < 4.78 is 19.4. The number of hydroxylamine groups is 1. The number of H-pyrrole nitrogens is 1. The molecule has 0 saturated heterocycles. The van der Waals surface area contributed by atoms with E-state index in [1.54, 1.807) is 44.2 Å². The summed E-state index contributed by atoms with van der Waals surface area (Å²) in [5, 5.41) is 14.0. The fourth-order valence-corrected chi connectivity index (χ4v) is 4.01. The summed E-state index contributed by atoms with van der Waals surface area (Å²) in [7, 11) is 0. The van der Waals surface area contributed by atoms with E-state index in [2.05, 4.69) is 15.6 Å². The van der Waals surface area contributed by atoms with Crippen LogP contribution in [0.15, 0.2) is 48.5 Å². The van der Waals surface area contributed by atoms with Crippen LogP contribution < -0.4 is 20.9 Å². The van der Waals surface area contributed by atoms with Gasteiger partial charge in [0.25, 0.3) is 17.7 Å². The lowest BCUT2D eigenvalue weighted by atomic mass is 10.0. The second-order valence-corrected chi connectivity index (χ2v) is 8.35. The summed E-state index contributed by atoms with van der Waals surface area (Å²) in [6.45, 7) is 4.03. The molecule has 9 nitrogen and oxygen atoms in total. The van der Waals surface area contributed by atoms with Gasteiger partial charge in [-0.1, -0.05) is 12.1 Å². The Kier molecular flexibility index (Phi) is 7.49. The number of nitrogens with one attached hydrogen (secondary N) is 4. The largest absolute Gasteiger partial charge is 0.492 e. The molecule has 1 aliphatic heterocycles. The van der Waals surface area contributed by atoms with E-state index in [1.165, 1.54) is 35.8 Å². The van der Waals surface area contributed by atoms with E-state index in [0.717, 1.165) is 5.56 Å². The molecule has 0 bridgehead atoms. The van der Waals surface area contributed by atoms with E-state index in [1.807, 2.05) is 0 Å². The zero-order valence-electron chi connectivity index (χ0n) is 20.1. The number of halogens is 1. The van der Waals surface area contributed by atoms with Gasteiger partial charge in [-0.25, -0.2) is 9.87 Å². The van der Waals surface area contributed by atoms with Crippen molar-refractivity contribution in [3.8, 4) is 5.75 Å². The number of aromatic nitrogens is 1. The summed E-state index contributed by atoms with van der Waals surface area (Å²) in [5.74, 6) is -1.10. The molecular weight excluding hydrogens is 479 g/mol. The molecule has 0 saturated carbocycles. The van der Waals surface area contributed by atoms with Gasteiger partial charge < -0.3 is 20.4 Å². The van der Waals surface area contributed by atoms with Crippen LogP contribution >= 0.6 is 0 Å². The molecule has 2 aromatic carbocycles. The Balaban J connectivity index is 1.37. The molecule has 0 atom stereocenters. The van der Waals surface area contributed by atoms with Gasteiger partial charge in [-0.05, 0) is 67.5 Å². The predicted molar refractivity (Wildman–Crippen MR) is 136 cm³/mol. The van der Waals surface area contributed by atoms with Crippen molar-refractivity contribution in [1.82, 2.24) is 15.8 Å². The lowest BCUT2D eigenvalue weighted by molar-refractivity contribution is -0.124. The van der Waals surface area contributed by atoms with Crippen molar-refractivity contribution in [1.29, 1.82) is 0 Å². The SMILES string of the molecule is Cc1[nH]c(/C=C2\C(=O)Nc3ccc(F)cc32)c(C)c1C(=O)NCCOc1ccc(C=CC(=O)NO)cc1. The Morgan fingerprint density at radius 1 is 1.14 bits per heavy atom. The van der Waals surface area contributed by atoms with Crippen LogP contribution in [0.3, 0.4) is 0 Å². The van der Waals surface area contributed by atoms with Gasteiger partial charge in [0.05, 0.1) is 17.7 Å². The first-order chi connectivity index (χ1) is 17.8. The van der Waals surface area contributed by atoms with Gasteiger partial charge in [-0.3, -0.25) is 19.6 Å². The van der Waals surface area contributed by atoms with Crippen LogP contribution in [0.4, 0.5) is 10.1 Å². The normalized spacial score (nSPS) is 13.5. The van der Waals surface area contributed by atoms with Crippen molar-refractivity contribution in [3.63, 3.8) is 0 Å². The Morgan fingerprint density at radius 3 is 2.62 bits per heavy atom. The number of aryl methyl sites for hydroxylation is 1. The van der Waals surface area contributed by atoms with Crippen LogP contribution in [0, 0.1) is 19.7 Å². The summed E-state index contributed by atoms with van der Waals surface area (Å²) >= 11 is 0. The highest BCUT2D eigenvalue weighted by Crippen LogP contribution is 2.34. The van der Waals surface area contributed by atoms with E-state index in [4.69, 9.17) is 9.94 Å². The molecule has 0 spiro atoms. The molecule has 5 N–H and O–H groups in total. The van der Waals surface area contributed by atoms with Crippen molar-refractivity contribution in [3.05, 3.63) is 88.0 Å². The average Bonchev–Trinajstić information content (AvgIpc) is 3.34. The van der Waals surface area contributed by atoms with E-state index in [9.17, 15) is 18.8 Å². The Labute approximate surface area is 212 Å². The van der Waals surface area contributed by atoms with Gasteiger partial charge in [0.15, 0.2) is 0 Å². The van der Waals surface area contributed by atoms with E-state index >= 15 is 0 Å². The minimum absolute atomic E-state index is 0.232. The summed E-state index contributed by atoms with van der Waals surface area (Å²) in [6.07, 6.45) is 4.36. The van der Waals surface area contributed by atoms with Crippen molar-refractivity contribution in [2.45, 2.75) is 13.8 Å². The number of carbonyl (C=O) groups excluding carboxylic acids is 3. The zero-order chi connectivity index (χ0) is 26.5.